The molecule has 0 unspecified atom stereocenters. The summed E-state index contributed by atoms with van der Waals surface area (Å²) in [5.74, 6) is -0.266. The Morgan fingerprint density at radius 3 is 2.50 bits per heavy atom. The minimum atomic E-state index is -0.266. The molecule has 2 aromatic rings. The van der Waals surface area contributed by atoms with Crippen LogP contribution in [0.15, 0.2) is 48.5 Å². The van der Waals surface area contributed by atoms with Crippen molar-refractivity contribution in [2.24, 2.45) is 0 Å². The number of benzene rings is 2. The van der Waals surface area contributed by atoms with Crippen molar-refractivity contribution >= 4 is 34.7 Å². The van der Waals surface area contributed by atoms with Gasteiger partial charge in [0.2, 0.25) is 5.91 Å². The first-order chi connectivity index (χ1) is 9.54. The average Bonchev–Trinajstić information content (AvgIpc) is 2.40. The summed E-state index contributed by atoms with van der Waals surface area (Å²) in [6.07, 6.45) is 3.02. The largest absolute Gasteiger partial charge is 0.399 e. The Bertz CT molecular complexity index is 665. The first-order valence-electron chi connectivity index (χ1n) is 6.04. The van der Waals surface area contributed by atoms with Gasteiger partial charge in [0.25, 0.3) is 0 Å². The summed E-state index contributed by atoms with van der Waals surface area (Å²) in [5, 5.41) is 2.71. The molecule has 5 nitrogen and oxygen atoms in total. The molecule has 0 aliphatic rings. The Hall–Kier alpha value is -2.95. The smallest absolute Gasteiger partial charge is 0.248 e. The standard InChI is InChI=1S/C15H16N4O/c16-11-2-1-3-13(9-11)19-15(20)7-4-10-8-12(17)5-6-14(10)18/h1-9H,16-18H2,(H,19,20). The second-order valence-electron chi connectivity index (χ2n) is 4.34. The highest BCUT2D eigenvalue weighted by molar-refractivity contribution is 6.02. The van der Waals surface area contributed by atoms with Gasteiger partial charge < -0.3 is 22.5 Å². The van der Waals surface area contributed by atoms with Crippen molar-refractivity contribution in [1.29, 1.82) is 0 Å². The summed E-state index contributed by atoms with van der Waals surface area (Å²) in [6.45, 7) is 0. The lowest BCUT2D eigenvalue weighted by Crippen LogP contribution is -2.08. The van der Waals surface area contributed by atoms with Gasteiger partial charge in [-0.1, -0.05) is 6.07 Å². The third kappa shape index (κ3) is 3.52. The zero-order chi connectivity index (χ0) is 14.5. The first-order valence-corrected chi connectivity index (χ1v) is 6.04. The number of nitrogens with one attached hydrogen (secondary N) is 1. The number of anilines is 4. The molecule has 0 atom stereocenters. The highest BCUT2D eigenvalue weighted by atomic mass is 16.1. The Morgan fingerprint density at radius 2 is 1.75 bits per heavy atom. The van der Waals surface area contributed by atoms with Gasteiger partial charge >= 0.3 is 0 Å². The lowest BCUT2D eigenvalue weighted by Gasteiger charge is -2.04. The van der Waals surface area contributed by atoms with Crippen LogP contribution < -0.4 is 22.5 Å². The van der Waals surface area contributed by atoms with Gasteiger partial charge in [-0.3, -0.25) is 4.79 Å². The molecule has 0 saturated heterocycles. The molecule has 0 heterocycles. The normalized spacial score (nSPS) is 10.6. The maximum Gasteiger partial charge on any atom is 0.248 e. The van der Waals surface area contributed by atoms with Gasteiger partial charge in [-0.2, -0.15) is 0 Å². The summed E-state index contributed by atoms with van der Waals surface area (Å²) < 4.78 is 0. The zero-order valence-electron chi connectivity index (χ0n) is 10.8. The van der Waals surface area contributed by atoms with Crippen LogP contribution in [0, 0.1) is 0 Å². The van der Waals surface area contributed by atoms with Crippen molar-refractivity contribution in [1.82, 2.24) is 0 Å². The SMILES string of the molecule is Nc1cccc(NC(=O)C=Cc2cc(N)ccc2N)c1. The molecule has 7 N–H and O–H groups in total. The fourth-order valence-electron chi connectivity index (χ4n) is 1.70. The quantitative estimate of drug-likeness (QED) is 0.505. The molecule has 0 radical (unpaired) electrons. The van der Waals surface area contributed by atoms with Crippen LogP contribution in [0.3, 0.4) is 0 Å². The molecule has 1 amide bonds. The van der Waals surface area contributed by atoms with E-state index in [1.54, 1.807) is 48.5 Å². The molecule has 0 saturated carbocycles. The number of amides is 1. The molecular weight excluding hydrogens is 252 g/mol. The zero-order valence-corrected chi connectivity index (χ0v) is 10.8. The molecule has 0 spiro atoms. The minimum Gasteiger partial charge on any atom is -0.399 e. The number of nitrogen functional groups attached to an aromatic ring is 3. The van der Waals surface area contributed by atoms with E-state index in [-0.39, 0.29) is 5.91 Å². The van der Waals surface area contributed by atoms with E-state index in [4.69, 9.17) is 17.2 Å². The third-order valence-electron chi connectivity index (χ3n) is 2.68. The van der Waals surface area contributed by atoms with Crippen LogP contribution in [0.4, 0.5) is 22.7 Å². The van der Waals surface area contributed by atoms with E-state index < -0.39 is 0 Å². The van der Waals surface area contributed by atoms with Crippen molar-refractivity contribution in [2.75, 3.05) is 22.5 Å². The van der Waals surface area contributed by atoms with Crippen molar-refractivity contribution in [3.63, 3.8) is 0 Å². The van der Waals surface area contributed by atoms with E-state index in [1.807, 2.05) is 0 Å². The van der Waals surface area contributed by atoms with E-state index >= 15 is 0 Å². The van der Waals surface area contributed by atoms with Crippen molar-refractivity contribution in [3.05, 3.63) is 54.1 Å². The fourth-order valence-corrected chi connectivity index (χ4v) is 1.70. The Morgan fingerprint density at radius 1 is 1.00 bits per heavy atom. The summed E-state index contributed by atoms with van der Waals surface area (Å²) in [4.78, 5) is 11.8. The van der Waals surface area contributed by atoms with Crippen molar-refractivity contribution in [3.8, 4) is 0 Å². The number of carbonyl (C=O) groups excluding carboxylic acids is 1. The molecule has 0 aromatic heterocycles. The molecular formula is C15H16N4O. The predicted molar refractivity (Wildman–Crippen MR) is 83.8 cm³/mol. The monoisotopic (exact) mass is 268 g/mol. The summed E-state index contributed by atoms with van der Waals surface area (Å²) >= 11 is 0. The minimum absolute atomic E-state index is 0.266. The Labute approximate surface area is 117 Å². The van der Waals surface area contributed by atoms with Crippen molar-refractivity contribution in [2.45, 2.75) is 0 Å². The molecule has 0 aliphatic carbocycles. The van der Waals surface area contributed by atoms with Crippen molar-refractivity contribution < 1.29 is 4.79 Å². The van der Waals surface area contributed by atoms with Gasteiger partial charge in [-0.15, -0.1) is 0 Å². The van der Waals surface area contributed by atoms with Crippen LogP contribution in [0.1, 0.15) is 5.56 Å². The first kappa shape index (κ1) is 13.5. The fraction of sp³-hybridized carbons (Fsp3) is 0. The molecule has 102 valence electrons. The predicted octanol–water partition coefficient (Wildman–Crippen LogP) is 2.09. The second kappa shape index (κ2) is 5.79. The van der Waals surface area contributed by atoms with Crippen LogP contribution in [0.2, 0.25) is 0 Å². The molecule has 2 aromatic carbocycles. The lowest BCUT2D eigenvalue weighted by atomic mass is 10.1. The summed E-state index contributed by atoms with van der Waals surface area (Å²) in [6, 6.07) is 12.1. The molecule has 2 rings (SSSR count). The van der Waals surface area contributed by atoms with E-state index in [9.17, 15) is 4.79 Å². The summed E-state index contributed by atoms with van der Waals surface area (Å²) in [7, 11) is 0. The number of rotatable bonds is 3. The van der Waals surface area contributed by atoms with E-state index in [0.29, 0.717) is 28.3 Å². The van der Waals surface area contributed by atoms with Crippen LogP contribution in [-0.4, -0.2) is 5.91 Å². The van der Waals surface area contributed by atoms with Gasteiger partial charge in [-0.25, -0.2) is 0 Å². The van der Waals surface area contributed by atoms with Crippen LogP contribution in [0.25, 0.3) is 6.08 Å². The van der Waals surface area contributed by atoms with Crippen LogP contribution in [0.5, 0.6) is 0 Å². The van der Waals surface area contributed by atoms with Gasteiger partial charge in [0, 0.05) is 28.8 Å². The van der Waals surface area contributed by atoms with E-state index in [0.717, 1.165) is 0 Å². The van der Waals surface area contributed by atoms with Gasteiger partial charge in [-0.05, 0) is 48.0 Å². The molecule has 0 fully saturated rings. The lowest BCUT2D eigenvalue weighted by molar-refractivity contribution is -0.111. The van der Waals surface area contributed by atoms with Gasteiger partial charge in [0.05, 0.1) is 0 Å². The molecule has 0 aliphatic heterocycles. The second-order valence-corrected chi connectivity index (χ2v) is 4.34. The highest BCUT2D eigenvalue weighted by Gasteiger charge is 2.00. The van der Waals surface area contributed by atoms with Gasteiger partial charge in [0.15, 0.2) is 0 Å². The van der Waals surface area contributed by atoms with Crippen LogP contribution >= 0.6 is 0 Å². The Kier molecular flexibility index (Phi) is 3.91. The van der Waals surface area contributed by atoms with E-state index in [2.05, 4.69) is 5.32 Å². The van der Waals surface area contributed by atoms with Gasteiger partial charge in [0.1, 0.15) is 0 Å². The topological polar surface area (TPSA) is 107 Å². The maximum absolute atomic E-state index is 11.8. The number of hydrogen-bond acceptors (Lipinski definition) is 4. The third-order valence-corrected chi connectivity index (χ3v) is 2.68. The van der Waals surface area contributed by atoms with E-state index in [1.165, 1.54) is 6.08 Å². The highest BCUT2D eigenvalue weighted by Crippen LogP contribution is 2.17. The molecule has 5 heteroatoms. The summed E-state index contributed by atoms with van der Waals surface area (Å²) in [5.41, 5.74) is 20.2. The molecule has 20 heavy (non-hydrogen) atoms. The maximum atomic E-state index is 11.8. The average molecular weight is 268 g/mol. The molecule has 0 bridgehead atoms. The number of nitrogens with two attached hydrogens (primary N) is 3. The van der Waals surface area contributed by atoms with Crippen LogP contribution in [-0.2, 0) is 4.79 Å². The Balaban J connectivity index is 2.07. The number of hydrogen-bond donors (Lipinski definition) is 4. The number of carbonyl (C=O) groups is 1.